The normalized spacial score (nSPS) is 18.3. The van der Waals surface area contributed by atoms with E-state index in [0.29, 0.717) is 13.0 Å². The van der Waals surface area contributed by atoms with E-state index in [4.69, 9.17) is 4.74 Å². The third-order valence-corrected chi connectivity index (χ3v) is 13.7. The topological polar surface area (TPSA) is 66.4 Å². The van der Waals surface area contributed by atoms with Gasteiger partial charge in [0, 0.05) is 0 Å². The van der Waals surface area contributed by atoms with E-state index >= 15 is 2.86 Å². The molecule has 24 heavy (non-hydrogen) atoms. The predicted octanol–water partition coefficient (Wildman–Crippen LogP) is -0.199. The van der Waals surface area contributed by atoms with E-state index in [1.54, 1.807) is 0 Å². The number of alkyl halides is 3. The monoisotopic (exact) mass is 472 g/mol. The van der Waals surface area contributed by atoms with Gasteiger partial charge in [-0.1, -0.05) is 0 Å². The maximum atomic E-state index is 15.8. The van der Waals surface area contributed by atoms with E-state index < -0.39 is 39.5 Å². The van der Waals surface area contributed by atoms with Crippen molar-refractivity contribution in [1.82, 2.24) is 0 Å². The van der Waals surface area contributed by atoms with Gasteiger partial charge in [-0.2, -0.15) is 0 Å². The first-order valence-corrected chi connectivity index (χ1v) is 12.2. The molecule has 0 bridgehead atoms. The fourth-order valence-corrected chi connectivity index (χ4v) is 11.0. The Morgan fingerprint density at radius 2 is 1.75 bits per heavy atom. The summed E-state index contributed by atoms with van der Waals surface area (Å²) in [5.41, 5.74) is 0.726. The van der Waals surface area contributed by atoms with Crippen LogP contribution in [0.1, 0.15) is 5.56 Å². The zero-order chi connectivity index (χ0) is 17.6. The second-order valence-electron chi connectivity index (χ2n) is 5.04. The summed E-state index contributed by atoms with van der Waals surface area (Å²) in [6.07, 6.45) is 0.558. The molecule has 2 aromatic rings. The second kappa shape index (κ2) is 5.88. The molecule has 1 aliphatic heterocycles. The quantitative estimate of drug-likeness (QED) is 0.352. The number of halogens is 4. The Kier molecular flexibility index (Phi) is 4.29. The summed E-state index contributed by atoms with van der Waals surface area (Å²) in [5.74, 6) is 0.244. The third-order valence-electron chi connectivity index (χ3n) is 3.58. The van der Waals surface area contributed by atoms with Crippen LogP contribution in [0.3, 0.4) is 0 Å². The van der Waals surface area contributed by atoms with Crippen LogP contribution in [-0.2, 0) is 16.5 Å². The molecule has 0 fully saturated rings. The summed E-state index contributed by atoms with van der Waals surface area (Å²) >= 11 is -6.28. The molecule has 0 radical (unpaired) electrons. The van der Waals surface area contributed by atoms with Crippen LogP contribution in [0.5, 0.6) is 5.75 Å². The van der Waals surface area contributed by atoms with Crippen LogP contribution in [0, 0.1) is 7.14 Å². The van der Waals surface area contributed by atoms with Crippen molar-refractivity contribution in [3.63, 3.8) is 0 Å². The van der Waals surface area contributed by atoms with Crippen LogP contribution in [0.15, 0.2) is 48.5 Å². The zero-order valence-corrected chi connectivity index (χ0v) is 15.1. The molecule has 0 amide bonds. The molecular weight excluding hydrogens is 460 g/mol. The molecule has 1 unspecified atom stereocenters. The number of benzene rings is 2. The molecule has 4 nitrogen and oxygen atoms in total. The number of hydrogen-bond acceptors (Lipinski definition) is 4. The first kappa shape index (κ1) is 17.5. The van der Waals surface area contributed by atoms with Crippen LogP contribution >= 0.6 is 0 Å². The SMILES string of the molecule is O=S(=O)([O-])C(F)(F)[I-](F)(c1ccccc1)c1ccc2c(c1)OCC2. The summed E-state index contributed by atoms with van der Waals surface area (Å²) in [5, 5.41) is 0. The van der Waals surface area contributed by atoms with Crippen molar-refractivity contribution < 1.29 is 48.4 Å². The molecule has 1 aliphatic rings. The van der Waals surface area contributed by atoms with E-state index in [9.17, 15) is 21.8 Å². The van der Waals surface area contributed by atoms with E-state index in [1.165, 1.54) is 24.3 Å². The van der Waals surface area contributed by atoms with Crippen LogP contribution in [0.25, 0.3) is 0 Å². The Morgan fingerprint density at radius 1 is 1.08 bits per heavy atom. The summed E-state index contributed by atoms with van der Waals surface area (Å²) in [4.78, 5) is 0. The van der Waals surface area contributed by atoms with Gasteiger partial charge in [0.15, 0.2) is 0 Å². The van der Waals surface area contributed by atoms with Crippen LogP contribution in [0.4, 0.5) is 11.6 Å². The van der Waals surface area contributed by atoms with E-state index in [2.05, 4.69) is 0 Å². The summed E-state index contributed by atoms with van der Waals surface area (Å²) < 4.78 is 77.5. The standard InChI is InChI=1S/C15H13F3IO4S/c16-15(17,24(20,21)22)19(18,12-4-2-1-3-5-12)13-7-6-11-8-9-23-14(11)10-13/h1-7,10H,8-9H2,(H,20,21,22)/q-1/p-1. The molecule has 0 saturated carbocycles. The van der Waals surface area contributed by atoms with E-state index in [-0.39, 0.29) is 5.75 Å². The van der Waals surface area contributed by atoms with Gasteiger partial charge in [-0.05, 0) is 0 Å². The summed E-state index contributed by atoms with van der Waals surface area (Å²) in [6, 6.07) is 9.98. The van der Waals surface area contributed by atoms with Gasteiger partial charge in [-0.25, -0.2) is 0 Å². The molecular formula is C15H12F3IO4S-2. The molecule has 0 saturated heterocycles. The van der Waals surface area contributed by atoms with Gasteiger partial charge in [0.25, 0.3) is 0 Å². The molecule has 0 N–H and O–H groups in total. The van der Waals surface area contributed by atoms with Crippen molar-refractivity contribution in [2.75, 3.05) is 6.61 Å². The van der Waals surface area contributed by atoms with Crippen molar-refractivity contribution >= 4 is 10.1 Å². The molecule has 9 heteroatoms. The van der Waals surface area contributed by atoms with Gasteiger partial charge >= 0.3 is 142 Å². The molecule has 2 aromatic carbocycles. The Hall–Kier alpha value is -1.33. The van der Waals surface area contributed by atoms with E-state index in [1.807, 2.05) is 0 Å². The summed E-state index contributed by atoms with van der Waals surface area (Å²) in [7, 11) is -6.19. The Labute approximate surface area is 141 Å². The Balaban J connectivity index is 2.28. The minimum absolute atomic E-state index is 0.244. The Bertz CT molecular complexity index is 874. The summed E-state index contributed by atoms with van der Waals surface area (Å²) in [6.45, 7) is 0.339. The van der Waals surface area contributed by atoms with Crippen LogP contribution in [0.2, 0.25) is 0 Å². The molecule has 132 valence electrons. The van der Waals surface area contributed by atoms with Gasteiger partial charge in [0.1, 0.15) is 0 Å². The Morgan fingerprint density at radius 3 is 2.38 bits per heavy atom. The second-order valence-corrected chi connectivity index (χ2v) is 13.9. The first-order valence-electron chi connectivity index (χ1n) is 6.79. The minimum atomic E-state index is -6.28. The van der Waals surface area contributed by atoms with Crippen molar-refractivity contribution in [1.29, 1.82) is 0 Å². The fourth-order valence-electron chi connectivity index (χ4n) is 2.40. The molecule has 0 aliphatic carbocycles. The van der Waals surface area contributed by atoms with E-state index in [0.717, 1.165) is 29.8 Å². The van der Waals surface area contributed by atoms with Gasteiger partial charge < -0.3 is 0 Å². The predicted molar refractivity (Wildman–Crippen MR) is 75.2 cm³/mol. The first-order chi connectivity index (χ1) is 11.2. The molecule has 0 spiro atoms. The van der Waals surface area contributed by atoms with Crippen molar-refractivity contribution in [2.45, 2.75) is 9.68 Å². The third kappa shape index (κ3) is 2.58. The van der Waals surface area contributed by atoms with Crippen molar-refractivity contribution in [2.24, 2.45) is 0 Å². The average Bonchev–Trinajstić information content (AvgIpc) is 3.01. The van der Waals surface area contributed by atoms with Crippen molar-refractivity contribution in [3.8, 4) is 5.75 Å². The van der Waals surface area contributed by atoms with Crippen LogP contribution in [-0.4, -0.2) is 22.8 Å². The molecule has 3 rings (SSSR count). The molecule has 1 heterocycles. The fraction of sp³-hybridized carbons (Fsp3) is 0.200. The van der Waals surface area contributed by atoms with Gasteiger partial charge in [-0.3, -0.25) is 0 Å². The number of hydrogen-bond donors (Lipinski definition) is 0. The van der Waals surface area contributed by atoms with Gasteiger partial charge in [-0.15, -0.1) is 0 Å². The zero-order valence-electron chi connectivity index (χ0n) is 12.1. The number of fused-ring (bicyclic) bond motifs is 1. The van der Waals surface area contributed by atoms with Crippen molar-refractivity contribution in [3.05, 3.63) is 61.2 Å². The number of rotatable bonds is 4. The average molecular weight is 472 g/mol. The van der Waals surface area contributed by atoms with Gasteiger partial charge in [0.2, 0.25) is 0 Å². The maximum absolute atomic E-state index is 15.8. The van der Waals surface area contributed by atoms with Crippen LogP contribution < -0.4 is 23.7 Å². The molecule has 0 aromatic heterocycles. The number of ether oxygens (including phenoxy) is 1. The molecule has 1 atom stereocenters. The van der Waals surface area contributed by atoms with Gasteiger partial charge in [0.05, 0.1) is 0 Å².